The molecule has 1 unspecified atom stereocenters. The van der Waals surface area contributed by atoms with E-state index in [1.807, 2.05) is 36.4 Å². The molecular weight excluding hydrogens is 398 g/mol. The summed E-state index contributed by atoms with van der Waals surface area (Å²) in [5.74, 6) is 0.613. The van der Waals surface area contributed by atoms with E-state index in [0.29, 0.717) is 12.3 Å². The van der Waals surface area contributed by atoms with E-state index in [1.165, 1.54) is 24.9 Å². The summed E-state index contributed by atoms with van der Waals surface area (Å²) in [7, 11) is 2.19. The third kappa shape index (κ3) is 6.66. The van der Waals surface area contributed by atoms with E-state index in [2.05, 4.69) is 55.4 Å². The van der Waals surface area contributed by atoms with Gasteiger partial charge in [-0.05, 0) is 61.4 Å². The van der Waals surface area contributed by atoms with Gasteiger partial charge in [0.25, 0.3) is 0 Å². The number of nitrogens with zero attached hydrogens (tertiary/aromatic N) is 2. The standard InChI is InChI=1S/C27H35N3O2/c1-20(2)18-25(27(31)29-16-15-28)32-26(22-8-5-4-6-9-22)23-13-11-21(12-14-23)24-10-7-17-30(3)19-24/h4-6,8-9,11-14,20,24-26H,7,10,16-19H2,1-3H3,(H,29,31)/t24?,25-,26+/m0/s1. The van der Waals surface area contributed by atoms with E-state index in [0.717, 1.165) is 17.7 Å². The molecule has 0 aliphatic carbocycles. The Bertz CT molecular complexity index is 889. The van der Waals surface area contributed by atoms with E-state index < -0.39 is 6.10 Å². The number of hydrogen-bond donors (Lipinski definition) is 1. The number of rotatable bonds is 9. The summed E-state index contributed by atoms with van der Waals surface area (Å²) in [6.45, 7) is 6.39. The van der Waals surface area contributed by atoms with Crippen LogP contribution in [0.4, 0.5) is 0 Å². The minimum atomic E-state index is -0.625. The highest BCUT2D eigenvalue weighted by Crippen LogP contribution is 2.32. The Hall–Kier alpha value is -2.68. The number of benzene rings is 2. The van der Waals surface area contributed by atoms with Gasteiger partial charge in [-0.15, -0.1) is 0 Å². The average Bonchev–Trinajstić information content (AvgIpc) is 2.80. The van der Waals surface area contributed by atoms with E-state index >= 15 is 0 Å². The van der Waals surface area contributed by atoms with Crippen LogP contribution in [0, 0.1) is 17.2 Å². The van der Waals surface area contributed by atoms with Crippen LogP contribution < -0.4 is 5.32 Å². The topological polar surface area (TPSA) is 65.4 Å². The first-order valence-electron chi connectivity index (χ1n) is 11.6. The van der Waals surface area contributed by atoms with Crippen LogP contribution >= 0.6 is 0 Å². The van der Waals surface area contributed by atoms with Crippen LogP contribution in [0.2, 0.25) is 0 Å². The zero-order chi connectivity index (χ0) is 22.9. The molecule has 0 aromatic heterocycles. The highest BCUT2D eigenvalue weighted by atomic mass is 16.5. The highest BCUT2D eigenvalue weighted by Gasteiger charge is 2.27. The second-order valence-electron chi connectivity index (χ2n) is 9.19. The molecule has 2 aromatic carbocycles. The molecule has 170 valence electrons. The molecule has 0 saturated carbocycles. The van der Waals surface area contributed by atoms with Crippen molar-refractivity contribution in [3.8, 4) is 6.07 Å². The maximum Gasteiger partial charge on any atom is 0.250 e. The molecule has 1 N–H and O–H groups in total. The van der Waals surface area contributed by atoms with Crippen molar-refractivity contribution in [2.24, 2.45) is 5.92 Å². The summed E-state index contributed by atoms with van der Waals surface area (Å²) in [6, 6.07) is 20.7. The van der Waals surface area contributed by atoms with Gasteiger partial charge in [0.15, 0.2) is 0 Å². The second-order valence-corrected chi connectivity index (χ2v) is 9.19. The van der Waals surface area contributed by atoms with E-state index in [-0.39, 0.29) is 24.5 Å². The molecule has 0 radical (unpaired) electrons. The van der Waals surface area contributed by atoms with Crippen LogP contribution in [0.25, 0.3) is 0 Å². The largest absolute Gasteiger partial charge is 0.356 e. The number of nitrogens with one attached hydrogen (secondary N) is 1. The number of piperidine rings is 1. The molecule has 32 heavy (non-hydrogen) atoms. The minimum absolute atomic E-state index is 0.0165. The van der Waals surface area contributed by atoms with Gasteiger partial charge in [0, 0.05) is 6.54 Å². The van der Waals surface area contributed by atoms with Crippen molar-refractivity contribution >= 4 is 5.91 Å². The fourth-order valence-corrected chi connectivity index (χ4v) is 4.42. The Morgan fingerprint density at radius 1 is 1.16 bits per heavy atom. The molecule has 1 saturated heterocycles. The Morgan fingerprint density at radius 2 is 1.84 bits per heavy atom. The maximum absolute atomic E-state index is 12.7. The predicted octanol–water partition coefficient (Wildman–Crippen LogP) is 4.66. The van der Waals surface area contributed by atoms with Crippen molar-refractivity contribution in [1.82, 2.24) is 10.2 Å². The molecular formula is C27H35N3O2. The molecule has 2 aromatic rings. The maximum atomic E-state index is 12.7. The Kier molecular flexibility index (Phi) is 8.84. The minimum Gasteiger partial charge on any atom is -0.356 e. The van der Waals surface area contributed by atoms with Crippen LogP contribution in [0.3, 0.4) is 0 Å². The van der Waals surface area contributed by atoms with E-state index in [9.17, 15) is 4.79 Å². The number of amides is 1. The predicted molar refractivity (Wildman–Crippen MR) is 127 cm³/mol. The molecule has 5 nitrogen and oxygen atoms in total. The van der Waals surface area contributed by atoms with Gasteiger partial charge in [-0.3, -0.25) is 4.79 Å². The highest BCUT2D eigenvalue weighted by molar-refractivity contribution is 5.81. The summed E-state index contributed by atoms with van der Waals surface area (Å²) < 4.78 is 6.47. The Morgan fingerprint density at radius 3 is 2.47 bits per heavy atom. The average molecular weight is 434 g/mol. The van der Waals surface area contributed by atoms with E-state index in [1.54, 1.807) is 0 Å². The molecule has 1 heterocycles. The third-order valence-electron chi connectivity index (χ3n) is 6.06. The first-order valence-corrected chi connectivity index (χ1v) is 11.6. The van der Waals surface area contributed by atoms with Gasteiger partial charge in [0.2, 0.25) is 5.91 Å². The number of nitriles is 1. The normalized spacial score (nSPS) is 18.7. The van der Waals surface area contributed by atoms with Crippen molar-refractivity contribution in [3.05, 3.63) is 71.3 Å². The van der Waals surface area contributed by atoms with E-state index in [4.69, 9.17) is 10.00 Å². The van der Waals surface area contributed by atoms with Gasteiger partial charge < -0.3 is 15.0 Å². The molecule has 5 heteroatoms. The lowest BCUT2D eigenvalue weighted by Crippen LogP contribution is -2.38. The first kappa shape index (κ1) is 24.0. The zero-order valence-corrected chi connectivity index (χ0v) is 19.5. The lowest BCUT2D eigenvalue weighted by molar-refractivity contribution is -0.136. The van der Waals surface area contributed by atoms with Crippen molar-refractivity contribution in [2.75, 3.05) is 26.7 Å². The molecule has 0 bridgehead atoms. The van der Waals surface area contributed by atoms with Crippen molar-refractivity contribution in [1.29, 1.82) is 5.26 Å². The number of hydrogen-bond acceptors (Lipinski definition) is 4. The fraction of sp³-hybridized carbons (Fsp3) is 0.481. The van der Waals surface area contributed by atoms with Crippen LogP contribution in [-0.2, 0) is 9.53 Å². The number of carbonyl (C=O) groups is 1. The molecule has 1 aliphatic heterocycles. The summed E-state index contributed by atoms with van der Waals surface area (Å²) in [5, 5.41) is 11.5. The van der Waals surface area contributed by atoms with Gasteiger partial charge in [0.05, 0.1) is 6.07 Å². The van der Waals surface area contributed by atoms with Gasteiger partial charge in [-0.2, -0.15) is 5.26 Å². The lowest BCUT2D eigenvalue weighted by atomic mass is 9.89. The van der Waals surface area contributed by atoms with Crippen LogP contribution in [0.5, 0.6) is 0 Å². The molecule has 3 rings (SSSR count). The van der Waals surface area contributed by atoms with Gasteiger partial charge in [0.1, 0.15) is 18.8 Å². The summed E-state index contributed by atoms with van der Waals surface area (Å²) >= 11 is 0. The number of likely N-dealkylation sites (N-methyl/N-ethyl adjacent to an activating group) is 1. The Balaban J connectivity index is 1.85. The van der Waals surface area contributed by atoms with Crippen molar-refractivity contribution in [2.45, 2.75) is 51.2 Å². The summed E-state index contributed by atoms with van der Waals surface area (Å²) in [6.07, 6.45) is 2.06. The Labute approximate surface area is 192 Å². The first-order chi connectivity index (χ1) is 15.5. The number of likely N-dealkylation sites (tertiary alicyclic amines) is 1. The zero-order valence-electron chi connectivity index (χ0n) is 19.5. The number of ether oxygens (including phenoxy) is 1. The molecule has 1 amide bonds. The second kappa shape index (κ2) is 11.8. The van der Waals surface area contributed by atoms with Gasteiger partial charge in [-0.25, -0.2) is 0 Å². The van der Waals surface area contributed by atoms with Crippen molar-refractivity contribution < 1.29 is 9.53 Å². The SMILES string of the molecule is CC(C)C[C@H](O[C@H](c1ccccc1)c1ccc(C2CCCN(C)C2)cc1)C(=O)NCC#N. The lowest BCUT2D eigenvalue weighted by Gasteiger charge is -2.30. The van der Waals surface area contributed by atoms with Crippen LogP contribution in [0.15, 0.2) is 54.6 Å². The van der Waals surface area contributed by atoms with Gasteiger partial charge in [-0.1, -0.05) is 68.4 Å². The monoisotopic (exact) mass is 433 g/mol. The van der Waals surface area contributed by atoms with Gasteiger partial charge >= 0.3 is 0 Å². The molecule has 1 aliphatic rings. The quantitative estimate of drug-likeness (QED) is 0.584. The molecule has 0 spiro atoms. The van der Waals surface area contributed by atoms with Crippen molar-refractivity contribution in [3.63, 3.8) is 0 Å². The third-order valence-corrected chi connectivity index (χ3v) is 6.06. The number of carbonyl (C=O) groups excluding carboxylic acids is 1. The van der Waals surface area contributed by atoms with Crippen LogP contribution in [-0.4, -0.2) is 43.6 Å². The molecule has 3 atom stereocenters. The fourth-order valence-electron chi connectivity index (χ4n) is 4.42. The smallest absolute Gasteiger partial charge is 0.250 e. The summed E-state index contributed by atoms with van der Waals surface area (Å²) in [4.78, 5) is 15.1. The molecule has 1 fully saturated rings. The summed E-state index contributed by atoms with van der Waals surface area (Å²) in [5.41, 5.74) is 3.41. The van der Waals surface area contributed by atoms with Crippen LogP contribution in [0.1, 0.15) is 61.8 Å².